The molecule has 0 saturated heterocycles. The van der Waals surface area contributed by atoms with Crippen molar-refractivity contribution in [1.82, 2.24) is 15.2 Å². The van der Waals surface area contributed by atoms with Crippen molar-refractivity contribution in [2.75, 3.05) is 18.6 Å². The van der Waals surface area contributed by atoms with Gasteiger partial charge in [-0.1, -0.05) is 41.6 Å². The van der Waals surface area contributed by atoms with E-state index in [0.717, 1.165) is 17.7 Å². The topological polar surface area (TPSA) is 71.1 Å². The number of benzene rings is 2. The quantitative estimate of drug-likeness (QED) is 0.633. The van der Waals surface area contributed by atoms with E-state index in [-0.39, 0.29) is 11.2 Å². The first-order chi connectivity index (χ1) is 13.6. The van der Waals surface area contributed by atoms with Crippen LogP contribution < -0.4 is 9.64 Å². The highest BCUT2D eigenvalue weighted by atomic mass is 35.5. The Bertz CT molecular complexity index is 1020. The average Bonchev–Trinajstić information content (AvgIpc) is 3.34. The fourth-order valence-electron chi connectivity index (χ4n) is 3.28. The van der Waals surface area contributed by atoms with E-state index >= 15 is 0 Å². The monoisotopic (exact) mass is 414 g/mol. The first-order valence-corrected chi connectivity index (χ1v) is 10.1. The summed E-state index contributed by atoms with van der Waals surface area (Å²) in [5, 5.41) is 7.93. The summed E-state index contributed by atoms with van der Waals surface area (Å²) in [4.78, 5) is 19.3. The Morgan fingerprint density at radius 2 is 2.14 bits per heavy atom. The number of hydrogen-bond acceptors (Lipinski definition) is 5. The van der Waals surface area contributed by atoms with Gasteiger partial charge in [0.25, 0.3) is 0 Å². The third-order valence-electron chi connectivity index (χ3n) is 4.66. The molecule has 0 unspecified atom stereocenters. The molecule has 0 bridgehead atoms. The summed E-state index contributed by atoms with van der Waals surface area (Å²) in [5.41, 5.74) is 2.93. The highest BCUT2D eigenvalue weighted by Gasteiger charge is 2.29. The summed E-state index contributed by atoms with van der Waals surface area (Å²) in [6.07, 6.45) is 0.888. The number of rotatable bonds is 5. The molecule has 3 aromatic rings. The number of fused-ring (bicyclic) bond motifs is 1. The van der Waals surface area contributed by atoms with Gasteiger partial charge in [-0.3, -0.25) is 9.89 Å². The number of carbonyl (C=O) groups excluding carboxylic acids is 1. The number of aromatic amines is 1. The molecule has 0 fully saturated rings. The molecular weight excluding hydrogens is 396 g/mol. The molecule has 2 aromatic carbocycles. The second kappa shape index (κ2) is 7.85. The molecule has 6 nitrogen and oxygen atoms in total. The maximum atomic E-state index is 12.9. The Morgan fingerprint density at radius 1 is 1.32 bits per heavy atom. The van der Waals surface area contributed by atoms with Crippen molar-refractivity contribution in [3.8, 4) is 17.1 Å². The SMILES string of the molecule is COc1ccc(Cl)cc1-c1nc(S[C@H](C)C(=O)N2CCc3ccccc32)n[nH]1. The Balaban J connectivity index is 1.50. The van der Waals surface area contributed by atoms with E-state index in [1.807, 2.05) is 30.0 Å². The van der Waals surface area contributed by atoms with Gasteiger partial charge in [-0.05, 0) is 43.2 Å². The van der Waals surface area contributed by atoms with E-state index in [2.05, 4.69) is 21.2 Å². The Labute approximate surface area is 172 Å². The van der Waals surface area contributed by atoms with Crippen LogP contribution in [-0.2, 0) is 11.2 Å². The number of anilines is 1. The third-order valence-corrected chi connectivity index (χ3v) is 5.85. The zero-order chi connectivity index (χ0) is 19.7. The molecule has 0 saturated carbocycles. The van der Waals surface area contributed by atoms with Gasteiger partial charge in [0.05, 0.1) is 17.9 Å². The van der Waals surface area contributed by atoms with Crippen LogP contribution in [0.5, 0.6) is 5.75 Å². The molecule has 0 radical (unpaired) electrons. The fourth-order valence-corrected chi connectivity index (χ4v) is 4.24. The fraction of sp³-hybridized carbons (Fsp3) is 0.250. The van der Waals surface area contributed by atoms with Crippen molar-refractivity contribution >= 4 is 35.0 Å². The molecule has 28 heavy (non-hydrogen) atoms. The number of halogens is 1. The summed E-state index contributed by atoms with van der Waals surface area (Å²) >= 11 is 7.43. The van der Waals surface area contributed by atoms with E-state index in [1.54, 1.807) is 25.3 Å². The first kappa shape index (κ1) is 18.8. The van der Waals surface area contributed by atoms with Gasteiger partial charge >= 0.3 is 0 Å². The van der Waals surface area contributed by atoms with Gasteiger partial charge in [0.15, 0.2) is 5.82 Å². The average molecular weight is 415 g/mol. The molecule has 1 N–H and O–H groups in total. The van der Waals surface area contributed by atoms with Crippen molar-refractivity contribution in [1.29, 1.82) is 0 Å². The summed E-state index contributed by atoms with van der Waals surface area (Å²) in [7, 11) is 1.59. The highest BCUT2D eigenvalue weighted by Crippen LogP contribution is 2.33. The van der Waals surface area contributed by atoms with Gasteiger partial charge in [0, 0.05) is 17.3 Å². The summed E-state index contributed by atoms with van der Waals surface area (Å²) in [5.74, 6) is 1.25. The molecule has 4 rings (SSSR count). The van der Waals surface area contributed by atoms with Crippen molar-refractivity contribution in [2.45, 2.75) is 23.8 Å². The molecule has 1 aliphatic heterocycles. The number of thioether (sulfide) groups is 1. The van der Waals surface area contributed by atoms with Crippen LogP contribution in [0.2, 0.25) is 5.02 Å². The van der Waals surface area contributed by atoms with Crippen LogP contribution in [0.15, 0.2) is 47.6 Å². The lowest BCUT2D eigenvalue weighted by molar-refractivity contribution is -0.117. The number of carbonyl (C=O) groups is 1. The summed E-state index contributed by atoms with van der Waals surface area (Å²) in [6.45, 7) is 2.59. The van der Waals surface area contributed by atoms with Crippen molar-refractivity contribution in [2.24, 2.45) is 0 Å². The smallest absolute Gasteiger partial charge is 0.240 e. The van der Waals surface area contributed by atoms with E-state index < -0.39 is 0 Å². The second-order valence-corrected chi connectivity index (χ2v) is 8.18. The van der Waals surface area contributed by atoms with Crippen molar-refractivity contribution < 1.29 is 9.53 Å². The highest BCUT2D eigenvalue weighted by molar-refractivity contribution is 8.00. The molecule has 1 aliphatic rings. The maximum absolute atomic E-state index is 12.9. The van der Waals surface area contributed by atoms with Crippen LogP contribution in [0.4, 0.5) is 5.69 Å². The predicted octanol–water partition coefficient (Wildman–Crippen LogP) is 4.20. The lowest BCUT2D eigenvalue weighted by Gasteiger charge is -2.20. The normalized spacial score (nSPS) is 14.0. The van der Waals surface area contributed by atoms with E-state index in [9.17, 15) is 4.79 Å². The molecular formula is C20H19ClN4O2S. The Kier molecular flexibility index (Phi) is 5.28. The van der Waals surface area contributed by atoms with Gasteiger partial charge in [-0.2, -0.15) is 0 Å². The molecule has 2 heterocycles. The Hall–Kier alpha value is -2.51. The number of ether oxygens (including phenoxy) is 1. The van der Waals surface area contributed by atoms with E-state index in [4.69, 9.17) is 16.3 Å². The Morgan fingerprint density at radius 3 is 2.96 bits per heavy atom. The van der Waals surface area contributed by atoms with Gasteiger partial charge in [0.2, 0.25) is 11.1 Å². The lowest BCUT2D eigenvalue weighted by Crippen LogP contribution is -2.35. The van der Waals surface area contributed by atoms with Gasteiger partial charge in [0.1, 0.15) is 5.75 Å². The van der Waals surface area contributed by atoms with Crippen LogP contribution in [0.3, 0.4) is 0 Å². The van der Waals surface area contributed by atoms with Crippen LogP contribution in [0.25, 0.3) is 11.4 Å². The molecule has 1 atom stereocenters. The largest absolute Gasteiger partial charge is 0.496 e. The number of para-hydroxylation sites is 1. The minimum atomic E-state index is -0.309. The number of methoxy groups -OCH3 is 1. The standard InChI is InChI=1S/C20H19ClN4O2S/c1-12(19(26)25-10-9-13-5-3-4-6-16(13)25)28-20-22-18(23-24-20)15-11-14(21)7-8-17(15)27-2/h3-8,11-12H,9-10H2,1-2H3,(H,22,23,24)/t12-/m1/s1. The minimum Gasteiger partial charge on any atom is -0.496 e. The molecule has 144 valence electrons. The minimum absolute atomic E-state index is 0.0571. The van der Waals surface area contributed by atoms with Crippen LogP contribution in [0, 0.1) is 0 Å². The zero-order valence-electron chi connectivity index (χ0n) is 15.5. The van der Waals surface area contributed by atoms with Crippen LogP contribution >= 0.6 is 23.4 Å². The predicted molar refractivity (Wildman–Crippen MR) is 111 cm³/mol. The molecule has 0 aliphatic carbocycles. The summed E-state index contributed by atoms with van der Waals surface area (Å²) in [6, 6.07) is 13.3. The number of hydrogen-bond donors (Lipinski definition) is 1. The maximum Gasteiger partial charge on any atom is 0.240 e. The molecule has 1 aromatic heterocycles. The van der Waals surface area contributed by atoms with Crippen LogP contribution in [0.1, 0.15) is 12.5 Å². The van der Waals surface area contributed by atoms with Gasteiger partial charge in [-0.15, -0.1) is 5.10 Å². The van der Waals surface area contributed by atoms with Crippen molar-refractivity contribution in [3.63, 3.8) is 0 Å². The third kappa shape index (κ3) is 3.59. The van der Waals surface area contributed by atoms with Crippen LogP contribution in [-0.4, -0.2) is 40.0 Å². The van der Waals surface area contributed by atoms with Gasteiger partial charge in [-0.25, -0.2) is 4.98 Å². The number of nitrogens with zero attached hydrogens (tertiary/aromatic N) is 3. The summed E-state index contributed by atoms with van der Waals surface area (Å²) < 4.78 is 5.37. The second-order valence-electron chi connectivity index (χ2n) is 6.44. The molecule has 1 amide bonds. The van der Waals surface area contributed by atoms with Gasteiger partial charge < -0.3 is 9.64 Å². The van der Waals surface area contributed by atoms with E-state index in [0.29, 0.717) is 28.3 Å². The number of nitrogens with one attached hydrogen (secondary N) is 1. The number of amides is 1. The van der Waals surface area contributed by atoms with E-state index in [1.165, 1.54) is 17.3 Å². The van der Waals surface area contributed by atoms with Crippen molar-refractivity contribution in [3.05, 3.63) is 53.1 Å². The lowest BCUT2D eigenvalue weighted by atomic mass is 10.2. The zero-order valence-corrected chi connectivity index (χ0v) is 17.0. The molecule has 8 heteroatoms. The molecule has 0 spiro atoms. The number of aromatic nitrogens is 3. The number of H-pyrrole nitrogens is 1. The first-order valence-electron chi connectivity index (χ1n) is 8.89.